The van der Waals surface area contributed by atoms with Crippen LogP contribution in [-0.2, 0) is 14.4 Å². The van der Waals surface area contributed by atoms with Crippen LogP contribution in [0.5, 0.6) is 5.75 Å². The number of hydrogen-bond donors (Lipinski definition) is 3. The van der Waals surface area contributed by atoms with Crippen molar-refractivity contribution in [2.45, 2.75) is 77.3 Å². The van der Waals surface area contributed by atoms with Crippen LogP contribution in [-0.4, -0.2) is 119 Å². The molecule has 17 nitrogen and oxygen atoms in total. The Morgan fingerprint density at radius 1 is 0.892 bits per heavy atom. The number of carbonyl (C=O) groups is 5. The van der Waals surface area contributed by atoms with E-state index >= 15 is 0 Å². The molecular formula is C47H55ClN10O7. The van der Waals surface area contributed by atoms with Crippen LogP contribution in [0.2, 0.25) is 5.02 Å². The number of likely N-dealkylation sites (tertiary alicyclic amines) is 1. The SMILES string of the molecule is CNC(=O)COc1cc2cc(Nc3nc(N4CCC(CN5CCC6(CC5)CCN(c5ccc7c(c5)C(=O)N(C5CCC(=O)NC5=O)C7=O)CC6)CC4)ncc3Cl)ccc2n(C(C)C)c1=O. The maximum absolute atomic E-state index is 13.4. The van der Waals surface area contributed by atoms with Crippen molar-refractivity contribution in [1.29, 1.82) is 0 Å². The number of piperidine rings is 4. The highest BCUT2D eigenvalue weighted by molar-refractivity contribution is 6.33. The van der Waals surface area contributed by atoms with E-state index in [4.69, 9.17) is 21.3 Å². The molecule has 18 heteroatoms. The van der Waals surface area contributed by atoms with Gasteiger partial charge in [-0.05, 0) is 126 Å². The number of likely N-dealkylation sites (N-methyl/N-ethyl adjacent to an activating group) is 1. The molecule has 4 fully saturated rings. The van der Waals surface area contributed by atoms with Gasteiger partial charge in [-0.25, -0.2) is 4.98 Å². The zero-order valence-corrected chi connectivity index (χ0v) is 37.8. The molecule has 1 atom stereocenters. The summed E-state index contributed by atoms with van der Waals surface area (Å²) in [7, 11) is 1.52. The van der Waals surface area contributed by atoms with Gasteiger partial charge in [-0.15, -0.1) is 0 Å². The average Bonchev–Trinajstić information content (AvgIpc) is 3.55. The number of anilines is 4. The molecular weight excluding hydrogens is 852 g/mol. The van der Waals surface area contributed by atoms with Crippen molar-refractivity contribution in [1.82, 2.24) is 35.0 Å². The molecule has 65 heavy (non-hydrogen) atoms. The van der Waals surface area contributed by atoms with Crippen molar-refractivity contribution in [2.24, 2.45) is 11.3 Å². The molecule has 0 aliphatic carbocycles. The molecule has 342 valence electrons. The predicted octanol–water partition coefficient (Wildman–Crippen LogP) is 4.89. The molecule has 0 radical (unpaired) electrons. The Morgan fingerprint density at radius 3 is 2.32 bits per heavy atom. The zero-order valence-electron chi connectivity index (χ0n) is 37.0. The summed E-state index contributed by atoms with van der Waals surface area (Å²) in [6.45, 7) is 10.3. The smallest absolute Gasteiger partial charge is 0.293 e. The van der Waals surface area contributed by atoms with E-state index in [2.05, 4.69) is 35.6 Å². The van der Waals surface area contributed by atoms with Crippen LogP contribution in [0, 0.1) is 11.3 Å². The van der Waals surface area contributed by atoms with Crippen molar-refractivity contribution in [3.05, 3.63) is 75.2 Å². The van der Waals surface area contributed by atoms with Gasteiger partial charge in [0.1, 0.15) is 11.1 Å². The van der Waals surface area contributed by atoms with Crippen LogP contribution < -0.4 is 36.0 Å². The van der Waals surface area contributed by atoms with Crippen LogP contribution in [0.3, 0.4) is 0 Å². The van der Waals surface area contributed by atoms with Crippen molar-refractivity contribution >= 4 is 75.2 Å². The number of ether oxygens (including phenoxy) is 1. The van der Waals surface area contributed by atoms with Crippen LogP contribution in [0.25, 0.3) is 10.9 Å². The minimum atomic E-state index is -0.972. The number of rotatable bonds is 11. The third kappa shape index (κ3) is 8.87. The van der Waals surface area contributed by atoms with Crippen molar-refractivity contribution < 1.29 is 28.7 Å². The summed E-state index contributed by atoms with van der Waals surface area (Å²) in [5.74, 6) is -0.501. The molecule has 1 spiro atoms. The zero-order chi connectivity index (χ0) is 45.6. The molecule has 0 saturated carbocycles. The maximum atomic E-state index is 13.4. The number of benzene rings is 2. The topological polar surface area (TPSA) is 191 Å². The number of carbonyl (C=O) groups excluding carboxylic acids is 5. The van der Waals surface area contributed by atoms with Gasteiger partial charge in [-0.2, -0.15) is 4.98 Å². The molecule has 5 aliphatic rings. The summed E-state index contributed by atoms with van der Waals surface area (Å²) in [6, 6.07) is 11.6. The summed E-state index contributed by atoms with van der Waals surface area (Å²) in [5, 5.41) is 9.26. The van der Waals surface area contributed by atoms with Gasteiger partial charge in [0.2, 0.25) is 17.8 Å². The van der Waals surface area contributed by atoms with E-state index in [9.17, 15) is 28.8 Å². The summed E-state index contributed by atoms with van der Waals surface area (Å²) >= 11 is 6.63. The van der Waals surface area contributed by atoms with Gasteiger partial charge in [0.05, 0.1) is 22.8 Å². The Labute approximate surface area is 381 Å². The molecule has 4 aromatic rings. The second-order valence-corrected chi connectivity index (χ2v) is 18.8. The first kappa shape index (κ1) is 44.1. The number of halogens is 1. The molecule has 4 saturated heterocycles. The normalized spacial score (nSPS) is 20.4. The van der Waals surface area contributed by atoms with Crippen LogP contribution in [0.15, 0.2) is 53.5 Å². The number of amides is 5. The Kier molecular flexibility index (Phi) is 12.3. The number of imide groups is 2. The second-order valence-electron chi connectivity index (χ2n) is 18.4. The lowest BCUT2D eigenvalue weighted by Crippen LogP contribution is -2.54. The Morgan fingerprint density at radius 2 is 1.62 bits per heavy atom. The van der Waals surface area contributed by atoms with E-state index in [-0.39, 0.29) is 48.6 Å². The lowest BCUT2D eigenvalue weighted by atomic mass is 9.71. The molecule has 5 aliphatic heterocycles. The van der Waals surface area contributed by atoms with Gasteiger partial charge in [0, 0.05) is 69.0 Å². The van der Waals surface area contributed by atoms with E-state index in [0.29, 0.717) is 39.2 Å². The largest absolute Gasteiger partial charge is 0.478 e. The van der Waals surface area contributed by atoms with Gasteiger partial charge in [-0.3, -0.25) is 39.0 Å². The summed E-state index contributed by atoms with van der Waals surface area (Å²) in [6.07, 6.45) is 8.40. The quantitative estimate of drug-likeness (QED) is 0.173. The number of nitrogens with one attached hydrogen (secondary N) is 3. The summed E-state index contributed by atoms with van der Waals surface area (Å²) in [4.78, 5) is 93.6. The average molecular weight is 907 g/mol. The van der Waals surface area contributed by atoms with E-state index in [1.807, 2.05) is 38.1 Å². The molecule has 5 amide bonds. The molecule has 2 aromatic carbocycles. The highest BCUT2D eigenvalue weighted by Crippen LogP contribution is 2.43. The van der Waals surface area contributed by atoms with E-state index < -0.39 is 23.8 Å². The fraction of sp³-hybridized carbons (Fsp3) is 0.489. The van der Waals surface area contributed by atoms with E-state index in [1.165, 1.54) is 7.05 Å². The maximum Gasteiger partial charge on any atom is 0.293 e. The third-order valence-electron chi connectivity index (χ3n) is 14.1. The highest BCUT2D eigenvalue weighted by atomic mass is 35.5. The molecule has 0 bridgehead atoms. The molecule has 9 rings (SSSR count). The lowest BCUT2D eigenvalue weighted by Gasteiger charge is -2.48. The van der Waals surface area contributed by atoms with E-state index in [1.54, 1.807) is 29.0 Å². The monoisotopic (exact) mass is 906 g/mol. The minimum Gasteiger partial charge on any atom is -0.478 e. The molecule has 2 aromatic heterocycles. The molecule has 3 N–H and O–H groups in total. The number of hydrogen-bond acceptors (Lipinski definition) is 13. The van der Waals surface area contributed by atoms with Gasteiger partial charge >= 0.3 is 0 Å². The van der Waals surface area contributed by atoms with Crippen LogP contribution >= 0.6 is 11.6 Å². The van der Waals surface area contributed by atoms with Gasteiger partial charge in [0.25, 0.3) is 23.3 Å². The Bertz CT molecular complexity index is 2610. The van der Waals surface area contributed by atoms with Gasteiger partial charge < -0.3 is 34.6 Å². The molecule has 7 heterocycles. The van der Waals surface area contributed by atoms with Crippen molar-refractivity contribution in [2.75, 3.05) is 74.6 Å². The first-order valence-electron chi connectivity index (χ1n) is 22.7. The number of fused-ring (bicyclic) bond motifs is 2. The summed E-state index contributed by atoms with van der Waals surface area (Å²) in [5.41, 5.74) is 3.00. The number of pyridine rings is 1. The standard InChI is InChI=1S/C47H55ClN10O7/c1-28(2)57-36-7-4-31(22-30(36)23-38(45(57)64)65-27-40(60)49-3)51-41-35(48)25-50-46(53-41)56-16-10-29(11-17-56)26-54-18-12-47(13-19-54)14-20-55(21-15-47)32-5-6-33-34(24-32)44(63)58(43(33)62)37-8-9-39(59)52-42(37)61/h4-7,22-25,28-29,37H,8-21,26-27H2,1-3H3,(H,49,60)(H,50,51,53)(H,52,59,61). The second kappa shape index (κ2) is 18.1. The highest BCUT2D eigenvalue weighted by Gasteiger charge is 2.45. The lowest BCUT2D eigenvalue weighted by molar-refractivity contribution is -0.136. The fourth-order valence-electron chi connectivity index (χ4n) is 10.3. The Balaban J connectivity index is 0.758. The predicted molar refractivity (Wildman–Crippen MR) is 246 cm³/mol. The first-order valence-corrected chi connectivity index (χ1v) is 23.1. The van der Waals surface area contributed by atoms with Gasteiger partial charge in [-0.1, -0.05) is 11.6 Å². The van der Waals surface area contributed by atoms with Crippen LogP contribution in [0.1, 0.15) is 92.0 Å². The summed E-state index contributed by atoms with van der Waals surface area (Å²) < 4.78 is 7.28. The van der Waals surface area contributed by atoms with Crippen molar-refractivity contribution in [3.8, 4) is 5.75 Å². The van der Waals surface area contributed by atoms with Crippen LogP contribution in [0.4, 0.5) is 23.1 Å². The third-order valence-corrected chi connectivity index (χ3v) is 14.4. The van der Waals surface area contributed by atoms with Crippen molar-refractivity contribution in [3.63, 3.8) is 0 Å². The fourth-order valence-corrected chi connectivity index (χ4v) is 10.4. The first-order chi connectivity index (χ1) is 31.3. The van der Waals surface area contributed by atoms with E-state index in [0.717, 1.165) is 112 Å². The number of nitrogens with zero attached hydrogens (tertiary/aromatic N) is 7. The Hall–Kier alpha value is -6.07. The van der Waals surface area contributed by atoms with Gasteiger partial charge in [0.15, 0.2) is 18.2 Å². The minimum absolute atomic E-state index is 0.0928. The molecule has 1 unspecified atom stereocenters. The number of aromatic nitrogens is 3.